The van der Waals surface area contributed by atoms with E-state index in [2.05, 4.69) is 15.3 Å². The summed E-state index contributed by atoms with van der Waals surface area (Å²) in [6, 6.07) is 17.4. The van der Waals surface area contributed by atoms with E-state index in [1.807, 2.05) is 74.7 Å². The number of rotatable bonds is 7. The predicted octanol–water partition coefficient (Wildman–Crippen LogP) is 4.58. The van der Waals surface area contributed by atoms with Gasteiger partial charge in [-0.25, -0.2) is 9.97 Å². The summed E-state index contributed by atoms with van der Waals surface area (Å²) in [4.78, 5) is 21.6. The molecule has 3 rings (SSSR count). The molecule has 1 N–H and O–H groups in total. The van der Waals surface area contributed by atoms with Crippen LogP contribution in [0.15, 0.2) is 66.0 Å². The first-order chi connectivity index (χ1) is 13.6. The van der Waals surface area contributed by atoms with Crippen molar-refractivity contribution in [3.63, 3.8) is 0 Å². The van der Waals surface area contributed by atoms with E-state index in [0.29, 0.717) is 23.0 Å². The summed E-state index contributed by atoms with van der Waals surface area (Å²) in [6.07, 6.45) is 3.64. The van der Waals surface area contributed by atoms with Gasteiger partial charge in [-0.15, -0.1) is 0 Å². The maximum absolute atomic E-state index is 12.8. The number of hydrogen-bond acceptors (Lipinski definition) is 5. The first kappa shape index (κ1) is 19.9. The van der Waals surface area contributed by atoms with E-state index in [0.717, 1.165) is 16.9 Å². The number of hydrogen-bond donors (Lipinski definition) is 1. The van der Waals surface area contributed by atoms with Crippen LogP contribution >= 0.6 is 11.8 Å². The number of benzene rings is 2. The SMILES string of the molecule is CSc1ncc(C(=O)NCc2ccc(OC(C)C)cc2)c(-c2ccccc2)n1. The number of nitrogens with one attached hydrogen (secondary N) is 1. The molecule has 0 aliphatic heterocycles. The van der Waals surface area contributed by atoms with Crippen LogP contribution in [0.3, 0.4) is 0 Å². The van der Waals surface area contributed by atoms with Gasteiger partial charge in [-0.05, 0) is 37.8 Å². The van der Waals surface area contributed by atoms with Crippen LogP contribution in [0, 0.1) is 0 Å². The summed E-state index contributed by atoms with van der Waals surface area (Å²) in [6.45, 7) is 4.39. The second kappa shape index (κ2) is 9.37. The fourth-order valence-corrected chi connectivity index (χ4v) is 3.02. The molecule has 1 aromatic heterocycles. The minimum Gasteiger partial charge on any atom is -0.491 e. The van der Waals surface area contributed by atoms with Crippen molar-refractivity contribution in [2.75, 3.05) is 6.26 Å². The van der Waals surface area contributed by atoms with Crippen molar-refractivity contribution in [1.29, 1.82) is 0 Å². The van der Waals surface area contributed by atoms with Crippen LogP contribution in [0.25, 0.3) is 11.3 Å². The molecule has 1 heterocycles. The molecular weight excluding hydrogens is 370 g/mol. The quantitative estimate of drug-likeness (QED) is 0.470. The van der Waals surface area contributed by atoms with Crippen LogP contribution in [-0.2, 0) is 6.54 Å². The first-order valence-corrected chi connectivity index (χ1v) is 10.3. The van der Waals surface area contributed by atoms with Crippen molar-refractivity contribution in [3.05, 3.63) is 71.9 Å². The molecule has 144 valence electrons. The van der Waals surface area contributed by atoms with E-state index in [4.69, 9.17) is 4.74 Å². The molecule has 1 amide bonds. The van der Waals surface area contributed by atoms with Crippen molar-refractivity contribution in [3.8, 4) is 17.0 Å². The van der Waals surface area contributed by atoms with Gasteiger partial charge in [0, 0.05) is 18.3 Å². The van der Waals surface area contributed by atoms with Gasteiger partial charge in [0.25, 0.3) is 5.91 Å². The topological polar surface area (TPSA) is 64.1 Å². The zero-order chi connectivity index (χ0) is 19.9. The molecule has 0 saturated carbocycles. The van der Waals surface area contributed by atoms with Gasteiger partial charge in [0.1, 0.15) is 5.75 Å². The average Bonchev–Trinajstić information content (AvgIpc) is 2.73. The van der Waals surface area contributed by atoms with Crippen molar-refractivity contribution < 1.29 is 9.53 Å². The summed E-state index contributed by atoms with van der Waals surface area (Å²) in [5.41, 5.74) is 2.98. The Hall–Kier alpha value is -2.86. The van der Waals surface area contributed by atoms with E-state index < -0.39 is 0 Å². The molecule has 0 radical (unpaired) electrons. The Labute approximate surface area is 169 Å². The maximum atomic E-state index is 12.8. The largest absolute Gasteiger partial charge is 0.491 e. The fraction of sp³-hybridized carbons (Fsp3) is 0.227. The van der Waals surface area contributed by atoms with Crippen LogP contribution in [0.5, 0.6) is 5.75 Å². The third-order valence-electron chi connectivity index (χ3n) is 3.99. The minimum atomic E-state index is -0.200. The van der Waals surface area contributed by atoms with Crippen LogP contribution in [0.1, 0.15) is 29.8 Å². The van der Waals surface area contributed by atoms with Gasteiger partial charge in [0.15, 0.2) is 5.16 Å². The molecule has 6 heteroatoms. The predicted molar refractivity (Wildman–Crippen MR) is 113 cm³/mol. The van der Waals surface area contributed by atoms with Gasteiger partial charge in [-0.3, -0.25) is 4.79 Å². The number of amides is 1. The molecule has 5 nitrogen and oxygen atoms in total. The zero-order valence-electron chi connectivity index (χ0n) is 16.2. The Morgan fingerprint density at radius 1 is 1.11 bits per heavy atom. The van der Waals surface area contributed by atoms with E-state index >= 15 is 0 Å². The molecule has 3 aromatic rings. The molecule has 2 aromatic carbocycles. The molecular formula is C22H23N3O2S. The van der Waals surface area contributed by atoms with Crippen LogP contribution in [0.2, 0.25) is 0 Å². The lowest BCUT2D eigenvalue weighted by atomic mass is 10.1. The number of nitrogens with zero attached hydrogens (tertiary/aromatic N) is 2. The van der Waals surface area contributed by atoms with Crippen LogP contribution in [-0.4, -0.2) is 28.2 Å². The number of ether oxygens (including phenoxy) is 1. The highest BCUT2D eigenvalue weighted by Crippen LogP contribution is 2.23. The van der Waals surface area contributed by atoms with Gasteiger partial charge < -0.3 is 10.1 Å². The van der Waals surface area contributed by atoms with Crippen LogP contribution in [0.4, 0.5) is 0 Å². The zero-order valence-corrected chi connectivity index (χ0v) is 17.0. The lowest BCUT2D eigenvalue weighted by Gasteiger charge is -2.12. The Morgan fingerprint density at radius 2 is 1.82 bits per heavy atom. The molecule has 0 fully saturated rings. The van der Waals surface area contributed by atoms with Crippen molar-refractivity contribution in [2.45, 2.75) is 31.7 Å². The number of carbonyl (C=O) groups is 1. The van der Waals surface area contributed by atoms with E-state index in [-0.39, 0.29) is 12.0 Å². The number of aromatic nitrogens is 2. The first-order valence-electron chi connectivity index (χ1n) is 9.07. The van der Waals surface area contributed by atoms with Crippen molar-refractivity contribution >= 4 is 17.7 Å². The molecule has 0 bridgehead atoms. The van der Waals surface area contributed by atoms with E-state index in [9.17, 15) is 4.79 Å². The maximum Gasteiger partial charge on any atom is 0.255 e. The third kappa shape index (κ3) is 5.10. The standard InChI is InChI=1S/C22H23N3O2S/c1-15(2)27-18-11-9-16(10-12-18)13-23-21(26)19-14-24-22(28-3)25-20(19)17-7-5-4-6-8-17/h4-12,14-15H,13H2,1-3H3,(H,23,26). The van der Waals surface area contributed by atoms with E-state index in [1.165, 1.54) is 11.8 Å². The molecule has 0 spiro atoms. The van der Waals surface area contributed by atoms with Crippen molar-refractivity contribution in [2.24, 2.45) is 0 Å². The summed E-state index contributed by atoms with van der Waals surface area (Å²) in [5.74, 6) is 0.617. The third-order valence-corrected chi connectivity index (χ3v) is 4.55. The summed E-state index contributed by atoms with van der Waals surface area (Å²) in [5, 5.41) is 3.59. The molecule has 0 atom stereocenters. The molecule has 0 unspecified atom stereocenters. The highest BCUT2D eigenvalue weighted by Gasteiger charge is 2.16. The highest BCUT2D eigenvalue weighted by atomic mass is 32.2. The normalized spacial score (nSPS) is 10.7. The lowest BCUT2D eigenvalue weighted by Crippen LogP contribution is -2.24. The van der Waals surface area contributed by atoms with Gasteiger partial charge in [0.2, 0.25) is 0 Å². The Kier molecular flexibility index (Phi) is 6.66. The molecule has 0 aliphatic carbocycles. The van der Waals surface area contributed by atoms with E-state index in [1.54, 1.807) is 6.20 Å². The molecule has 0 aliphatic rings. The van der Waals surface area contributed by atoms with Crippen molar-refractivity contribution in [1.82, 2.24) is 15.3 Å². The Balaban J connectivity index is 1.75. The number of carbonyl (C=O) groups excluding carboxylic acids is 1. The minimum absolute atomic E-state index is 0.131. The average molecular weight is 394 g/mol. The van der Waals surface area contributed by atoms with Crippen LogP contribution < -0.4 is 10.1 Å². The Morgan fingerprint density at radius 3 is 2.46 bits per heavy atom. The lowest BCUT2D eigenvalue weighted by molar-refractivity contribution is 0.0950. The van der Waals surface area contributed by atoms with Gasteiger partial charge in [-0.2, -0.15) is 0 Å². The summed E-state index contributed by atoms with van der Waals surface area (Å²) in [7, 11) is 0. The number of thioether (sulfide) groups is 1. The Bertz CT molecular complexity index is 928. The summed E-state index contributed by atoms with van der Waals surface area (Å²) < 4.78 is 5.64. The molecule has 28 heavy (non-hydrogen) atoms. The van der Waals surface area contributed by atoms with Gasteiger partial charge in [-0.1, -0.05) is 54.2 Å². The molecule has 0 saturated heterocycles. The van der Waals surface area contributed by atoms with Gasteiger partial charge >= 0.3 is 0 Å². The fourth-order valence-electron chi connectivity index (χ4n) is 2.68. The van der Waals surface area contributed by atoms with Gasteiger partial charge in [0.05, 0.1) is 17.4 Å². The summed E-state index contributed by atoms with van der Waals surface area (Å²) >= 11 is 1.45. The second-order valence-electron chi connectivity index (χ2n) is 6.48. The highest BCUT2D eigenvalue weighted by molar-refractivity contribution is 7.98. The second-order valence-corrected chi connectivity index (χ2v) is 7.25. The monoisotopic (exact) mass is 393 g/mol. The smallest absolute Gasteiger partial charge is 0.255 e.